The van der Waals surface area contributed by atoms with Gasteiger partial charge in [0.1, 0.15) is 54.4 Å². The number of aliphatic hydroxyl groups excluding tert-OH is 1. The number of hydrogen-bond donors (Lipinski definition) is 15. The van der Waals surface area contributed by atoms with Crippen molar-refractivity contribution >= 4 is 76.9 Å². The van der Waals surface area contributed by atoms with Gasteiger partial charge < -0.3 is 85.5 Å². The number of hydrogen-bond acceptors (Lipinski definition) is 15. The summed E-state index contributed by atoms with van der Waals surface area (Å²) in [6, 6.07) is -12.1. The number of carbonyl (C=O) groups excluding carboxylic acids is 11. The number of aliphatic carboxylic acids is 1. The lowest BCUT2D eigenvalue weighted by Gasteiger charge is -2.30. The van der Waals surface area contributed by atoms with Crippen LogP contribution in [0, 0.1) is 23.7 Å². The largest absolute Gasteiger partial charge is 0.480 e. The second kappa shape index (κ2) is 34.9. The first-order valence-corrected chi connectivity index (χ1v) is 27.9. The molecule has 458 valence electrons. The van der Waals surface area contributed by atoms with Crippen molar-refractivity contribution in [3.05, 3.63) is 0 Å². The van der Waals surface area contributed by atoms with Gasteiger partial charge in [-0.05, 0) is 101 Å². The van der Waals surface area contributed by atoms with Crippen molar-refractivity contribution in [3.63, 3.8) is 0 Å². The zero-order chi connectivity index (χ0) is 61.3. The fourth-order valence-electron chi connectivity index (χ4n) is 9.13. The number of rotatable bonds is 35. The Kier molecular flexibility index (Phi) is 30.1. The van der Waals surface area contributed by atoms with E-state index in [-0.39, 0.29) is 100.0 Å². The van der Waals surface area contributed by atoms with Crippen LogP contribution in [0.1, 0.15) is 133 Å². The van der Waals surface area contributed by atoms with Gasteiger partial charge in [0.15, 0.2) is 5.96 Å². The molecular formula is C52H91N15O14. The van der Waals surface area contributed by atoms with Crippen LogP contribution in [0.25, 0.3) is 0 Å². The molecule has 0 aromatic rings. The topological polar surface area (TPSA) is 459 Å². The van der Waals surface area contributed by atoms with Crippen LogP contribution in [-0.4, -0.2) is 185 Å². The second-order valence-corrected chi connectivity index (χ2v) is 22.3. The van der Waals surface area contributed by atoms with Crippen molar-refractivity contribution in [2.45, 2.75) is 193 Å². The number of nitrogens with one attached hydrogen (secondary N) is 10. The summed E-state index contributed by atoms with van der Waals surface area (Å²) in [4.78, 5) is 165. The molecule has 0 aromatic carbocycles. The first-order chi connectivity index (χ1) is 37.9. The van der Waals surface area contributed by atoms with Gasteiger partial charge in [-0.1, -0.05) is 55.4 Å². The van der Waals surface area contributed by atoms with E-state index in [0.717, 1.165) is 6.42 Å². The molecule has 81 heavy (non-hydrogen) atoms. The van der Waals surface area contributed by atoms with Crippen LogP contribution in [0.2, 0.25) is 0 Å². The number of nitrogens with zero attached hydrogens (tertiary/aromatic N) is 2. The first-order valence-electron chi connectivity index (χ1n) is 27.9. The smallest absolute Gasteiger partial charge is 0.326 e. The summed E-state index contributed by atoms with van der Waals surface area (Å²) < 4.78 is 0. The van der Waals surface area contributed by atoms with E-state index in [2.05, 4.69) is 58.2 Å². The molecule has 11 amide bonds. The number of guanidine groups is 1. The number of carboxylic acid groups (broad SMARTS) is 1. The summed E-state index contributed by atoms with van der Waals surface area (Å²) in [6.45, 7) is 14.7. The molecule has 0 saturated carbocycles. The average molecular weight is 1150 g/mol. The van der Waals surface area contributed by atoms with E-state index >= 15 is 0 Å². The summed E-state index contributed by atoms with van der Waals surface area (Å²) in [5.41, 5.74) is 16.3. The van der Waals surface area contributed by atoms with Crippen molar-refractivity contribution in [2.75, 3.05) is 32.8 Å². The third-order valence-electron chi connectivity index (χ3n) is 13.3. The van der Waals surface area contributed by atoms with Crippen LogP contribution >= 0.6 is 0 Å². The zero-order valence-corrected chi connectivity index (χ0v) is 48.3. The minimum absolute atomic E-state index is 0.0107. The number of carboxylic acids is 1. The first kappa shape index (κ1) is 69.9. The maximum atomic E-state index is 14.1. The number of nitrogens with two attached hydrogens (primary N) is 3. The maximum Gasteiger partial charge on any atom is 0.326 e. The molecule has 2 saturated heterocycles. The SMILES string of the molecule is CC(C)C[C@H](NC(=O)[C@H](CC(C)C)NC(=O)CNC(=O)[C@H](CCCN=C(N)N)NC(=O)[C@H](CO)NC(=O)[C@H](CC(C)C)NC(=O)[C@H](CCC(N)=O)NC(=O)[C@@H]1CCCN1C(=O)[C@H](C)NC(=O)[C@@H](NC(=O)[C@@H]1CCCN1)C(C)C)C(=O)O. The Hall–Kier alpha value is -7.17. The quantitative estimate of drug-likeness (QED) is 0.0163. The molecule has 0 aliphatic carbocycles. The molecule has 0 spiro atoms. The highest BCUT2D eigenvalue weighted by atomic mass is 16.4. The minimum Gasteiger partial charge on any atom is -0.480 e. The van der Waals surface area contributed by atoms with Gasteiger partial charge in [-0.15, -0.1) is 0 Å². The molecule has 2 fully saturated rings. The molecule has 0 aromatic heterocycles. The molecule has 18 N–H and O–H groups in total. The van der Waals surface area contributed by atoms with Gasteiger partial charge in [-0.3, -0.25) is 57.7 Å². The average Bonchev–Trinajstić information content (AvgIpc) is 4.12. The molecule has 29 heteroatoms. The van der Waals surface area contributed by atoms with Crippen LogP contribution in [0.15, 0.2) is 4.99 Å². The molecule has 10 atom stereocenters. The number of primary amides is 1. The van der Waals surface area contributed by atoms with Crippen molar-refractivity contribution in [2.24, 2.45) is 45.9 Å². The van der Waals surface area contributed by atoms with E-state index in [1.165, 1.54) is 11.8 Å². The molecule has 2 aliphatic heterocycles. The summed E-state index contributed by atoms with van der Waals surface area (Å²) in [5, 5.41) is 45.9. The van der Waals surface area contributed by atoms with E-state index < -0.39 is 139 Å². The predicted molar refractivity (Wildman–Crippen MR) is 296 cm³/mol. The van der Waals surface area contributed by atoms with Gasteiger partial charge >= 0.3 is 5.97 Å². The number of amides is 11. The zero-order valence-electron chi connectivity index (χ0n) is 48.3. The Bertz CT molecular complexity index is 2220. The predicted octanol–water partition coefficient (Wildman–Crippen LogP) is -4.07. The van der Waals surface area contributed by atoms with Crippen molar-refractivity contribution in [1.82, 2.24) is 58.1 Å². The van der Waals surface area contributed by atoms with Crippen LogP contribution in [0.3, 0.4) is 0 Å². The highest BCUT2D eigenvalue weighted by Crippen LogP contribution is 2.20. The van der Waals surface area contributed by atoms with E-state index in [1.54, 1.807) is 55.4 Å². The summed E-state index contributed by atoms with van der Waals surface area (Å²) in [5.74, 6) is -10.8. The van der Waals surface area contributed by atoms with Gasteiger partial charge in [-0.25, -0.2) is 4.79 Å². The standard InChI is InChI=1S/C52H91N15O14/c1-26(2)21-34(45(74)64-36(51(80)81)23-28(5)6)60-40(70)24-58-42(71)32(14-11-19-57-52(54)55)61-47(76)37(25-68)65-46(75)35(22-27(3)4)63-44(73)33(16-17-39(53)69)62-48(77)38-15-12-20-67(38)50(79)30(9)59-49(78)41(29(7)8)66-43(72)31-13-10-18-56-31/h26-38,41,56,68H,10-25H2,1-9H3,(H2,53,69)(H,58,71)(H,59,78)(H,60,70)(H,61,76)(H,62,77)(H,63,73)(H,64,74)(H,65,75)(H,66,72)(H,80,81)(H4,54,55,57)/t30-,31-,32-,33-,34-,35-,36-,37-,38-,41-/m0/s1. The molecule has 0 unspecified atom stereocenters. The van der Waals surface area contributed by atoms with Crippen molar-refractivity contribution in [1.29, 1.82) is 0 Å². The lowest BCUT2D eigenvalue weighted by atomic mass is 10.0. The van der Waals surface area contributed by atoms with Gasteiger partial charge in [0.2, 0.25) is 65.0 Å². The molecular weight excluding hydrogens is 1060 g/mol. The van der Waals surface area contributed by atoms with Crippen molar-refractivity contribution < 1.29 is 67.7 Å². The van der Waals surface area contributed by atoms with E-state index in [0.29, 0.717) is 19.4 Å². The van der Waals surface area contributed by atoms with Crippen LogP contribution in [0.5, 0.6) is 0 Å². The molecule has 0 radical (unpaired) electrons. The van der Waals surface area contributed by atoms with Crippen LogP contribution < -0.4 is 70.4 Å². The van der Waals surface area contributed by atoms with E-state index in [9.17, 15) is 67.7 Å². The van der Waals surface area contributed by atoms with Gasteiger partial charge in [0.05, 0.1) is 19.2 Å². The Morgan fingerprint density at radius 3 is 1.65 bits per heavy atom. The Balaban J connectivity index is 2.25. The minimum atomic E-state index is -1.73. The number of carbonyl (C=O) groups is 12. The Morgan fingerprint density at radius 1 is 0.593 bits per heavy atom. The molecule has 2 heterocycles. The Morgan fingerprint density at radius 2 is 1.12 bits per heavy atom. The lowest BCUT2D eigenvalue weighted by Crippen LogP contribution is -2.60. The number of aliphatic hydroxyl groups is 1. The summed E-state index contributed by atoms with van der Waals surface area (Å²) in [7, 11) is 0. The molecule has 2 aliphatic rings. The summed E-state index contributed by atoms with van der Waals surface area (Å²) >= 11 is 0. The van der Waals surface area contributed by atoms with Crippen molar-refractivity contribution in [3.8, 4) is 0 Å². The van der Waals surface area contributed by atoms with Gasteiger partial charge in [0.25, 0.3) is 0 Å². The van der Waals surface area contributed by atoms with Gasteiger partial charge in [0, 0.05) is 19.5 Å². The maximum absolute atomic E-state index is 14.1. The third kappa shape index (κ3) is 25.0. The molecule has 29 nitrogen and oxygen atoms in total. The lowest BCUT2D eigenvalue weighted by molar-refractivity contribution is -0.143. The fraction of sp³-hybridized carbons (Fsp3) is 0.750. The fourth-order valence-corrected chi connectivity index (χ4v) is 9.13. The third-order valence-corrected chi connectivity index (χ3v) is 13.3. The second-order valence-electron chi connectivity index (χ2n) is 22.3. The van der Waals surface area contributed by atoms with Gasteiger partial charge in [-0.2, -0.15) is 0 Å². The normalized spacial score (nSPS) is 18.0. The molecule has 0 bridgehead atoms. The highest BCUT2D eigenvalue weighted by molar-refractivity contribution is 5.99. The molecule has 2 rings (SSSR count). The van der Waals surface area contributed by atoms with Crippen LogP contribution in [-0.2, 0) is 57.5 Å². The monoisotopic (exact) mass is 1150 g/mol. The number of likely N-dealkylation sites (tertiary alicyclic amines) is 1. The van der Waals surface area contributed by atoms with E-state index in [1.807, 2.05) is 0 Å². The Labute approximate surface area is 473 Å². The number of aliphatic imine (C=N–C) groups is 1. The highest BCUT2D eigenvalue weighted by Gasteiger charge is 2.40. The summed E-state index contributed by atoms with van der Waals surface area (Å²) in [6.07, 6.45) is 1.47. The van der Waals surface area contributed by atoms with E-state index in [4.69, 9.17) is 17.2 Å². The van der Waals surface area contributed by atoms with Crippen LogP contribution in [0.4, 0.5) is 0 Å².